The lowest BCUT2D eigenvalue weighted by Crippen LogP contribution is -2.54. The SMILES string of the molecule is Cc1cc(N)c(C(=O)NCC2CN(C)CCN2C)cn1. The van der Waals surface area contributed by atoms with E-state index in [2.05, 4.69) is 34.2 Å². The fourth-order valence-electron chi connectivity index (χ4n) is 2.40. The number of rotatable bonds is 3. The maximum Gasteiger partial charge on any atom is 0.255 e. The zero-order valence-corrected chi connectivity index (χ0v) is 12.4. The standard InChI is InChI=1S/C14H23N5O/c1-10-6-13(15)12(8-16-10)14(20)17-7-11-9-18(2)4-5-19(11)3/h6,8,11H,4-5,7,9H2,1-3H3,(H2,15,16)(H,17,20). The van der Waals surface area contributed by atoms with E-state index in [1.807, 2.05) is 6.92 Å². The molecule has 1 aliphatic rings. The van der Waals surface area contributed by atoms with Crippen molar-refractivity contribution in [2.24, 2.45) is 0 Å². The average molecular weight is 277 g/mol. The largest absolute Gasteiger partial charge is 0.398 e. The molecule has 0 radical (unpaired) electrons. The van der Waals surface area contributed by atoms with Crippen molar-refractivity contribution in [3.63, 3.8) is 0 Å². The molecule has 2 heterocycles. The first-order chi connectivity index (χ1) is 9.47. The van der Waals surface area contributed by atoms with Crippen molar-refractivity contribution in [2.75, 3.05) is 46.0 Å². The highest BCUT2D eigenvalue weighted by molar-refractivity contribution is 5.98. The molecule has 0 bridgehead atoms. The Kier molecular flexibility index (Phi) is 4.57. The van der Waals surface area contributed by atoms with Crippen LogP contribution in [0.3, 0.4) is 0 Å². The van der Waals surface area contributed by atoms with E-state index in [1.54, 1.807) is 6.07 Å². The highest BCUT2D eigenvalue weighted by atomic mass is 16.1. The lowest BCUT2D eigenvalue weighted by atomic mass is 10.1. The summed E-state index contributed by atoms with van der Waals surface area (Å²) < 4.78 is 0. The van der Waals surface area contributed by atoms with Crippen LogP contribution in [0.25, 0.3) is 0 Å². The van der Waals surface area contributed by atoms with E-state index < -0.39 is 0 Å². The summed E-state index contributed by atoms with van der Waals surface area (Å²) in [5.74, 6) is -0.156. The Morgan fingerprint density at radius 2 is 2.25 bits per heavy atom. The Bertz CT molecular complexity index is 490. The molecule has 3 N–H and O–H groups in total. The molecule has 6 heteroatoms. The molecule has 0 aliphatic carbocycles. The van der Waals surface area contributed by atoms with E-state index >= 15 is 0 Å². The minimum atomic E-state index is -0.156. The Morgan fingerprint density at radius 1 is 1.50 bits per heavy atom. The molecule has 0 saturated carbocycles. The van der Waals surface area contributed by atoms with Gasteiger partial charge < -0.3 is 16.0 Å². The number of hydrogen-bond donors (Lipinski definition) is 2. The van der Waals surface area contributed by atoms with Gasteiger partial charge in [0.25, 0.3) is 5.91 Å². The molecule has 6 nitrogen and oxygen atoms in total. The summed E-state index contributed by atoms with van der Waals surface area (Å²) in [6.07, 6.45) is 1.54. The third-order valence-corrected chi connectivity index (χ3v) is 3.80. The molecule has 0 spiro atoms. The number of hydrogen-bond acceptors (Lipinski definition) is 5. The van der Waals surface area contributed by atoms with E-state index in [4.69, 9.17) is 5.73 Å². The number of likely N-dealkylation sites (N-methyl/N-ethyl adjacent to an activating group) is 2. The van der Waals surface area contributed by atoms with Crippen molar-refractivity contribution in [1.82, 2.24) is 20.1 Å². The molecule has 1 atom stereocenters. The van der Waals surface area contributed by atoms with Gasteiger partial charge in [-0.05, 0) is 27.1 Å². The number of anilines is 1. The van der Waals surface area contributed by atoms with Crippen LogP contribution in [0.15, 0.2) is 12.3 Å². The number of carbonyl (C=O) groups is 1. The van der Waals surface area contributed by atoms with Crippen molar-refractivity contribution in [2.45, 2.75) is 13.0 Å². The van der Waals surface area contributed by atoms with Gasteiger partial charge in [0.15, 0.2) is 0 Å². The van der Waals surface area contributed by atoms with Crippen LogP contribution in [0.5, 0.6) is 0 Å². The summed E-state index contributed by atoms with van der Waals surface area (Å²) in [5.41, 5.74) is 7.60. The quantitative estimate of drug-likeness (QED) is 0.810. The summed E-state index contributed by atoms with van der Waals surface area (Å²) in [4.78, 5) is 20.8. The number of nitrogens with two attached hydrogens (primary N) is 1. The van der Waals surface area contributed by atoms with E-state index in [1.165, 1.54) is 6.20 Å². The second-order valence-corrected chi connectivity index (χ2v) is 5.52. The topological polar surface area (TPSA) is 74.5 Å². The molecule has 110 valence electrons. The van der Waals surface area contributed by atoms with Crippen LogP contribution in [0.1, 0.15) is 16.1 Å². The second-order valence-electron chi connectivity index (χ2n) is 5.52. The molecule has 0 aromatic carbocycles. The summed E-state index contributed by atoms with van der Waals surface area (Å²) in [6, 6.07) is 2.05. The van der Waals surface area contributed by atoms with Gasteiger partial charge in [-0.3, -0.25) is 14.7 Å². The van der Waals surface area contributed by atoms with Gasteiger partial charge in [0, 0.05) is 49.8 Å². The highest BCUT2D eigenvalue weighted by Gasteiger charge is 2.22. The summed E-state index contributed by atoms with van der Waals surface area (Å²) in [5, 5.41) is 2.95. The number of nitrogens with one attached hydrogen (secondary N) is 1. The summed E-state index contributed by atoms with van der Waals surface area (Å²) >= 11 is 0. The van der Waals surface area contributed by atoms with E-state index in [-0.39, 0.29) is 5.91 Å². The predicted octanol–water partition coefficient (Wildman–Crippen LogP) is -0.0522. The smallest absolute Gasteiger partial charge is 0.255 e. The van der Waals surface area contributed by atoms with E-state index in [9.17, 15) is 4.79 Å². The van der Waals surface area contributed by atoms with Crippen LogP contribution in [0.4, 0.5) is 5.69 Å². The lowest BCUT2D eigenvalue weighted by molar-refractivity contribution is 0.0881. The first kappa shape index (κ1) is 14.7. The second kappa shape index (κ2) is 6.19. The molecule has 1 fully saturated rings. The van der Waals surface area contributed by atoms with Crippen LogP contribution in [-0.4, -0.2) is 67.0 Å². The van der Waals surface area contributed by atoms with E-state index in [0.29, 0.717) is 23.8 Å². The molecule has 20 heavy (non-hydrogen) atoms. The number of aryl methyl sites for hydroxylation is 1. The minimum absolute atomic E-state index is 0.156. The fourth-order valence-corrected chi connectivity index (χ4v) is 2.40. The van der Waals surface area contributed by atoms with Crippen molar-refractivity contribution in [3.05, 3.63) is 23.5 Å². The fraction of sp³-hybridized carbons (Fsp3) is 0.571. The normalized spacial score (nSPS) is 20.9. The van der Waals surface area contributed by atoms with Gasteiger partial charge in [0.05, 0.1) is 5.56 Å². The zero-order chi connectivity index (χ0) is 14.7. The highest BCUT2D eigenvalue weighted by Crippen LogP contribution is 2.11. The Labute approximate surface area is 120 Å². The van der Waals surface area contributed by atoms with Crippen LogP contribution < -0.4 is 11.1 Å². The molecular formula is C14H23N5O. The van der Waals surface area contributed by atoms with Gasteiger partial charge >= 0.3 is 0 Å². The number of carbonyl (C=O) groups excluding carboxylic acids is 1. The number of pyridine rings is 1. The molecule has 1 amide bonds. The number of aromatic nitrogens is 1. The first-order valence-electron chi connectivity index (χ1n) is 6.86. The molecule has 1 unspecified atom stereocenters. The Balaban J connectivity index is 1.94. The van der Waals surface area contributed by atoms with Crippen molar-refractivity contribution >= 4 is 11.6 Å². The minimum Gasteiger partial charge on any atom is -0.398 e. The third-order valence-electron chi connectivity index (χ3n) is 3.80. The summed E-state index contributed by atoms with van der Waals surface area (Å²) in [7, 11) is 4.19. The van der Waals surface area contributed by atoms with Crippen LogP contribution in [0.2, 0.25) is 0 Å². The van der Waals surface area contributed by atoms with Gasteiger partial charge in [0.2, 0.25) is 0 Å². The number of nitrogen functional groups attached to an aromatic ring is 1. The predicted molar refractivity (Wildman–Crippen MR) is 79.6 cm³/mol. The van der Waals surface area contributed by atoms with Crippen LogP contribution >= 0.6 is 0 Å². The van der Waals surface area contributed by atoms with Gasteiger partial charge in [-0.1, -0.05) is 0 Å². The maximum absolute atomic E-state index is 12.1. The molecule has 2 rings (SSSR count). The number of amides is 1. The van der Waals surface area contributed by atoms with Crippen LogP contribution in [-0.2, 0) is 0 Å². The number of piperazine rings is 1. The molecule has 1 aliphatic heterocycles. The van der Waals surface area contributed by atoms with E-state index in [0.717, 1.165) is 25.3 Å². The maximum atomic E-state index is 12.1. The van der Waals surface area contributed by atoms with Crippen molar-refractivity contribution in [1.29, 1.82) is 0 Å². The monoisotopic (exact) mass is 277 g/mol. The van der Waals surface area contributed by atoms with Crippen LogP contribution in [0, 0.1) is 6.92 Å². The molecule has 1 aromatic rings. The van der Waals surface area contributed by atoms with Gasteiger partial charge in [-0.15, -0.1) is 0 Å². The first-order valence-corrected chi connectivity index (χ1v) is 6.86. The average Bonchev–Trinajstić information content (AvgIpc) is 2.39. The van der Waals surface area contributed by atoms with Gasteiger partial charge in [0.1, 0.15) is 0 Å². The molecule has 1 saturated heterocycles. The van der Waals surface area contributed by atoms with Crippen molar-refractivity contribution in [3.8, 4) is 0 Å². The lowest BCUT2D eigenvalue weighted by Gasteiger charge is -2.37. The Hall–Kier alpha value is -1.66. The zero-order valence-electron chi connectivity index (χ0n) is 12.4. The number of nitrogens with zero attached hydrogens (tertiary/aromatic N) is 3. The third kappa shape index (κ3) is 3.46. The van der Waals surface area contributed by atoms with Crippen molar-refractivity contribution < 1.29 is 4.79 Å². The summed E-state index contributed by atoms with van der Waals surface area (Å²) in [6.45, 7) is 5.51. The molecular weight excluding hydrogens is 254 g/mol. The van der Waals surface area contributed by atoms with Gasteiger partial charge in [-0.2, -0.15) is 0 Å². The van der Waals surface area contributed by atoms with Gasteiger partial charge in [-0.25, -0.2) is 0 Å². The molecule has 1 aromatic heterocycles. The Morgan fingerprint density at radius 3 is 2.95 bits per heavy atom.